The number of hydrogen-bond donors (Lipinski definition) is 1. The lowest BCUT2D eigenvalue weighted by atomic mass is 9.92. The minimum Gasteiger partial charge on any atom is -0.379 e. The van der Waals surface area contributed by atoms with E-state index >= 15 is 0 Å². The van der Waals surface area contributed by atoms with E-state index in [9.17, 15) is 4.79 Å². The number of nitrogens with zero attached hydrogens (tertiary/aromatic N) is 3. The highest BCUT2D eigenvalue weighted by molar-refractivity contribution is 6.33. The van der Waals surface area contributed by atoms with Gasteiger partial charge in [0.15, 0.2) is 0 Å². The van der Waals surface area contributed by atoms with Gasteiger partial charge < -0.3 is 10.1 Å². The Labute approximate surface area is 190 Å². The molecule has 1 amide bonds. The van der Waals surface area contributed by atoms with E-state index in [-0.39, 0.29) is 5.91 Å². The largest absolute Gasteiger partial charge is 0.379 e. The van der Waals surface area contributed by atoms with Gasteiger partial charge >= 0.3 is 0 Å². The van der Waals surface area contributed by atoms with E-state index in [1.54, 1.807) is 4.68 Å². The second kappa shape index (κ2) is 11.1. The number of amides is 1. The Morgan fingerprint density at radius 1 is 1.16 bits per heavy atom. The minimum atomic E-state index is -0.151. The molecule has 31 heavy (non-hydrogen) atoms. The number of hydrogen-bond acceptors (Lipinski definition) is 4. The third-order valence-corrected chi connectivity index (χ3v) is 6.71. The standard InChI is InChI=1S/C24H35ClN4O2/c1-5-20(6-2)21(28-11-13-31-14-12-28)15-26-24(30)22-18(4)27-29(23(22)25)16-19-9-7-17(3)8-10-19/h7-10,20-21H,5-6,11-16H2,1-4H3,(H,26,30). The molecule has 0 bridgehead atoms. The number of carbonyl (C=O) groups is 1. The molecule has 1 aliphatic heterocycles. The molecule has 7 heteroatoms. The summed E-state index contributed by atoms with van der Waals surface area (Å²) < 4.78 is 7.23. The van der Waals surface area contributed by atoms with Crippen molar-refractivity contribution in [1.29, 1.82) is 0 Å². The number of nitrogens with one attached hydrogen (secondary N) is 1. The van der Waals surface area contributed by atoms with Gasteiger partial charge in [0.25, 0.3) is 5.91 Å². The Hall–Kier alpha value is -1.89. The van der Waals surface area contributed by atoms with Gasteiger partial charge in [-0.15, -0.1) is 0 Å². The number of morpholine rings is 1. The summed E-state index contributed by atoms with van der Waals surface area (Å²) in [5.41, 5.74) is 3.43. The Morgan fingerprint density at radius 3 is 2.42 bits per heavy atom. The van der Waals surface area contributed by atoms with Crippen LogP contribution in [0.4, 0.5) is 0 Å². The van der Waals surface area contributed by atoms with Crippen LogP contribution in [0.3, 0.4) is 0 Å². The van der Waals surface area contributed by atoms with Gasteiger partial charge in [-0.05, 0) is 25.3 Å². The molecule has 6 nitrogen and oxygen atoms in total. The van der Waals surface area contributed by atoms with E-state index in [2.05, 4.69) is 60.4 Å². The molecule has 1 atom stereocenters. The van der Waals surface area contributed by atoms with Gasteiger partial charge in [-0.25, -0.2) is 4.68 Å². The number of halogens is 1. The molecule has 170 valence electrons. The fourth-order valence-electron chi connectivity index (χ4n) is 4.40. The van der Waals surface area contributed by atoms with Gasteiger partial charge in [0, 0.05) is 25.7 Å². The lowest BCUT2D eigenvalue weighted by molar-refractivity contribution is 0.00191. The molecule has 2 heterocycles. The third kappa shape index (κ3) is 5.88. The maximum Gasteiger partial charge on any atom is 0.256 e. The van der Waals surface area contributed by atoms with Crippen molar-refractivity contribution in [3.05, 3.63) is 51.8 Å². The van der Waals surface area contributed by atoms with Gasteiger partial charge in [-0.3, -0.25) is 9.69 Å². The lowest BCUT2D eigenvalue weighted by Gasteiger charge is -2.38. The van der Waals surface area contributed by atoms with Crippen molar-refractivity contribution < 1.29 is 9.53 Å². The zero-order valence-electron chi connectivity index (χ0n) is 19.2. The monoisotopic (exact) mass is 446 g/mol. The zero-order chi connectivity index (χ0) is 22.4. The lowest BCUT2D eigenvalue weighted by Crippen LogP contribution is -2.52. The highest BCUT2D eigenvalue weighted by Crippen LogP contribution is 2.23. The fourth-order valence-corrected chi connectivity index (χ4v) is 4.72. The predicted octanol–water partition coefficient (Wildman–Crippen LogP) is 4.07. The Balaban J connectivity index is 1.71. The average Bonchev–Trinajstić information content (AvgIpc) is 3.06. The van der Waals surface area contributed by atoms with Crippen molar-refractivity contribution in [2.24, 2.45) is 5.92 Å². The van der Waals surface area contributed by atoms with Crippen LogP contribution in [-0.4, -0.2) is 59.5 Å². The van der Waals surface area contributed by atoms with Crippen molar-refractivity contribution in [1.82, 2.24) is 20.0 Å². The van der Waals surface area contributed by atoms with Gasteiger partial charge in [0.05, 0.1) is 31.0 Å². The smallest absolute Gasteiger partial charge is 0.256 e. The summed E-state index contributed by atoms with van der Waals surface area (Å²) in [7, 11) is 0. The van der Waals surface area contributed by atoms with E-state index < -0.39 is 0 Å². The molecule has 0 aliphatic carbocycles. The molecule has 1 fully saturated rings. The van der Waals surface area contributed by atoms with Crippen LogP contribution in [-0.2, 0) is 11.3 Å². The topological polar surface area (TPSA) is 59.4 Å². The summed E-state index contributed by atoms with van der Waals surface area (Å²) in [6.45, 7) is 12.8. The molecule has 0 spiro atoms. The van der Waals surface area contributed by atoms with Crippen LogP contribution in [0.2, 0.25) is 5.15 Å². The molecule has 1 unspecified atom stereocenters. The van der Waals surface area contributed by atoms with Gasteiger partial charge in [-0.1, -0.05) is 68.1 Å². The fraction of sp³-hybridized carbons (Fsp3) is 0.583. The van der Waals surface area contributed by atoms with Crippen LogP contribution in [0.15, 0.2) is 24.3 Å². The van der Waals surface area contributed by atoms with E-state index in [1.807, 2.05) is 6.92 Å². The van der Waals surface area contributed by atoms with E-state index in [0.29, 0.717) is 41.5 Å². The summed E-state index contributed by atoms with van der Waals surface area (Å²) in [4.78, 5) is 15.5. The molecule has 1 aliphatic rings. The summed E-state index contributed by atoms with van der Waals surface area (Å²) in [6.07, 6.45) is 2.17. The van der Waals surface area contributed by atoms with Crippen molar-refractivity contribution in [2.75, 3.05) is 32.8 Å². The quantitative estimate of drug-likeness (QED) is 0.630. The number of rotatable bonds is 9. The van der Waals surface area contributed by atoms with E-state index in [1.165, 1.54) is 5.56 Å². The van der Waals surface area contributed by atoms with Crippen molar-refractivity contribution >= 4 is 17.5 Å². The second-order valence-electron chi connectivity index (χ2n) is 8.40. The highest BCUT2D eigenvalue weighted by atomic mass is 35.5. The number of aromatic nitrogens is 2. The van der Waals surface area contributed by atoms with Crippen LogP contribution in [0.25, 0.3) is 0 Å². The first kappa shape index (κ1) is 23.8. The molecule has 2 aromatic rings. The Bertz CT molecular complexity index is 855. The molecule has 1 aromatic heterocycles. The summed E-state index contributed by atoms with van der Waals surface area (Å²) in [5, 5.41) is 8.07. The van der Waals surface area contributed by atoms with Gasteiger partial charge in [0.1, 0.15) is 5.15 Å². The predicted molar refractivity (Wildman–Crippen MR) is 125 cm³/mol. The summed E-state index contributed by atoms with van der Waals surface area (Å²) in [6, 6.07) is 8.55. The maximum absolute atomic E-state index is 13.1. The van der Waals surface area contributed by atoms with Crippen LogP contribution in [0.1, 0.15) is 53.9 Å². The van der Waals surface area contributed by atoms with Crippen molar-refractivity contribution in [2.45, 2.75) is 53.1 Å². The molecule has 1 aromatic carbocycles. The van der Waals surface area contributed by atoms with E-state index in [4.69, 9.17) is 16.3 Å². The molecule has 3 rings (SSSR count). The summed E-state index contributed by atoms with van der Waals surface area (Å²) in [5.74, 6) is 0.376. The Morgan fingerprint density at radius 2 is 1.81 bits per heavy atom. The van der Waals surface area contributed by atoms with Crippen LogP contribution in [0.5, 0.6) is 0 Å². The molecule has 0 radical (unpaired) electrons. The van der Waals surface area contributed by atoms with Crippen LogP contribution >= 0.6 is 11.6 Å². The normalized spacial score (nSPS) is 15.9. The number of aryl methyl sites for hydroxylation is 2. The van der Waals surface area contributed by atoms with Crippen molar-refractivity contribution in [3.8, 4) is 0 Å². The van der Waals surface area contributed by atoms with Gasteiger partial charge in [-0.2, -0.15) is 5.10 Å². The van der Waals surface area contributed by atoms with Crippen LogP contribution in [0, 0.1) is 19.8 Å². The first-order chi connectivity index (χ1) is 14.9. The molecular weight excluding hydrogens is 412 g/mol. The molecule has 0 saturated carbocycles. The third-order valence-electron chi connectivity index (χ3n) is 6.32. The zero-order valence-corrected chi connectivity index (χ0v) is 19.9. The second-order valence-corrected chi connectivity index (χ2v) is 8.75. The first-order valence-electron chi connectivity index (χ1n) is 11.3. The molecule has 1 N–H and O–H groups in total. The highest BCUT2D eigenvalue weighted by Gasteiger charge is 2.28. The van der Waals surface area contributed by atoms with Crippen molar-refractivity contribution in [3.63, 3.8) is 0 Å². The van der Waals surface area contributed by atoms with E-state index in [0.717, 1.165) is 44.7 Å². The van der Waals surface area contributed by atoms with Crippen LogP contribution < -0.4 is 5.32 Å². The number of carbonyl (C=O) groups excluding carboxylic acids is 1. The first-order valence-corrected chi connectivity index (χ1v) is 11.7. The minimum absolute atomic E-state index is 0.151. The average molecular weight is 447 g/mol. The Kier molecular flexibility index (Phi) is 8.52. The molecule has 1 saturated heterocycles. The maximum atomic E-state index is 13.1. The SMILES string of the molecule is CCC(CC)C(CNC(=O)c1c(C)nn(Cc2ccc(C)cc2)c1Cl)N1CCOCC1. The number of ether oxygens (including phenoxy) is 1. The van der Waals surface area contributed by atoms with Gasteiger partial charge in [0.2, 0.25) is 0 Å². The number of benzene rings is 1. The summed E-state index contributed by atoms with van der Waals surface area (Å²) >= 11 is 6.60. The molecular formula is C24H35ClN4O2.